The highest BCUT2D eigenvalue weighted by Crippen LogP contribution is 2.45. The number of carbonyl (C=O) groups excluding carboxylic acids is 4. The predicted octanol–water partition coefficient (Wildman–Crippen LogP) is 25.0. The molecule has 3 N–H and O–H groups in total. The minimum Gasteiger partial charge on any atom is -0.462 e. The second-order valence-electron chi connectivity index (χ2n) is 30.5. The van der Waals surface area contributed by atoms with E-state index in [4.69, 9.17) is 37.0 Å². The Kier molecular flexibility index (Phi) is 73.2. The quantitative estimate of drug-likeness (QED) is 0.0169. The summed E-state index contributed by atoms with van der Waals surface area (Å²) in [6.07, 6.45) is 68.7. The van der Waals surface area contributed by atoms with Gasteiger partial charge in [0.15, 0.2) is 12.2 Å². The minimum atomic E-state index is -4.97. The molecule has 0 radical (unpaired) electrons. The molecule has 0 bridgehead atoms. The fourth-order valence-corrected chi connectivity index (χ4v) is 14.1. The normalized spacial score (nSPS) is 14.0. The summed E-state index contributed by atoms with van der Waals surface area (Å²) in [5.74, 6) is -0.551. The van der Waals surface area contributed by atoms with Crippen LogP contribution in [0.1, 0.15) is 420 Å². The first-order valence-electron chi connectivity index (χ1n) is 42.8. The number of unbranched alkanes of at least 4 members (excludes halogenated alkanes) is 48. The van der Waals surface area contributed by atoms with Crippen molar-refractivity contribution in [3.8, 4) is 0 Å². The van der Waals surface area contributed by atoms with Crippen LogP contribution in [0, 0.1) is 11.8 Å². The summed E-state index contributed by atoms with van der Waals surface area (Å²) < 4.78 is 68.8. The van der Waals surface area contributed by atoms with Crippen LogP contribution in [0.5, 0.6) is 0 Å². The number of allylic oxidation sites excluding steroid dienone is 4. The Balaban J connectivity index is 5.28. The third-order valence-corrected chi connectivity index (χ3v) is 21.0. The molecule has 19 heteroatoms. The highest BCUT2D eigenvalue weighted by atomic mass is 31.2. The van der Waals surface area contributed by atoms with E-state index in [9.17, 15) is 43.2 Å². The Hall–Kier alpha value is -2.46. The average molecular weight is 1500 g/mol. The van der Waals surface area contributed by atoms with Gasteiger partial charge in [-0.3, -0.25) is 37.3 Å². The number of ether oxygens (including phenoxy) is 4. The third kappa shape index (κ3) is 77.5. The van der Waals surface area contributed by atoms with Gasteiger partial charge in [0.05, 0.1) is 26.4 Å². The molecule has 0 spiro atoms. The number of esters is 4. The number of carbonyl (C=O) groups is 4. The first kappa shape index (κ1) is 101. The number of hydrogen-bond donors (Lipinski definition) is 3. The summed E-state index contributed by atoms with van der Waals surface area (Å²) in [6, 6.07) is 0. The molecule has 5 atom stereocenters. The average Bonchev–Trinajstić information content (AvgIpc) is 0.922. The van der Waals surface area contributed by atoms with Crippen LogP contribution < -0.4 is 0 Å². The van der Waals surface area contributed by atoms with Gasteiger partial charge >= 0.3 is 39.5 Å². The number of rotatable bonds is 81. The van der Waals surface area contributed by atoms with E-state index in [2.05, 4.69) is 65.8 Å². The lowest BCUT2D eigenvalue weighted by Crippen LogP contribution is -2.30. The van der Waals surface area contributed by atoms with Crippen LogP contribution in [0.25, 0.3) is 0 Å². The SMILES string of the molecule is CCCCCC/C=C\C=C/CCCCCCCC(=O)OC[C@H](COP(=O)(O)OC[C@@H](O)COP(=O)(O)OC[C@@H](COC(=O)CCCCCCCCCCCCCCC)OC(=O)CCCCCCCCCCCCCC(C)C)OC(=O)CCCCCCCCCCCCCCCCCCCCC(C)C. The number of aliphatic hydroxyl groups is 1. The lowest BCUT2D eigenvalue weighted by atomic mass is 10.0. The summed E-state index contributed by atoms with van der Waals surface area (Å²) in [4.78, 5) is 73.1. The largest absolute Gasteiger partial charge is 0.472 e. The monoisotopic (exact) mass is 1500 g/mol. The molecule has 0 saturated heterocycles. The Labute approximate surface area is 631 Å². The van der Waals surface area contributed by atoms with Crippen molar-refractivity contribution < 1.29 is 80.2 Å². The zero-order valence-corrected chi connectivity index (χ0v) is 68.9. The first-order valence-corrected chi connectivity index (χ1v) is 45.8. The molecule has 0 aliphatic carbocycles. The standard InChI is InChI=1S/C84H160O17P2/c1-7-9-11-13-15-17-19-21-26-31-37-43-49-55-61-67-82(87)95-72-79(100-83(88)68-62-56-50-44-38-32-28-25-23-22-24-27-30-34-40-46-52-58-64-76(3)4)74-98-102(90,91)96-70-78(85)71-97-103(92,93)99-75-80(73-94-81(86)66-60-54-48-42-36-29-20-18-16-14-12-10-8-2)101-84(89)69-63-57-51-45-39-33-35-41-47-53-59-65-77(5)6/h17,19,21,26,76-80,85H,7-16,18,20,22-25,27-75H2,1-6H3,(H,90,91)(H,92,93)/b19-17-,26-21-/t78-,79-,80-/m1/s1. The van der Waals surface area contributed by atoms with Crippen LogP contribution >= 0.6 is 15.6 Å². The van der Waals surface area contributed by atoms with Crippen LogP contribution in [0.15, 0.2) is 24.3 Å². The molecule has 0 aromatic rings. The minimum absolute atomic E-state index is 0.102. The van der Waals surface area contributed by atoms with Crippen LogP contribution in [0.3, 0.4) is 0 Å². The second-order valence-corrected chi connectivity index (χ2v) is 33.4. The molecule has 0 heterocycles. The highest BCUT2D eigenvalue weighted by molar-refractivity contribution is 7.47. The van der Waals surface area contributed by atoms with Crippen molar-refractivity contribution in [2.75, 3.05) is 39.6 Å². The van der Waals surface area contributed by atoms with Crippen LogP contribution in [0.4, 0.5) is 0 Å². The number of hydrogen-bond acceptors (Lipinski definition) is 15. The first-order chi connectivity index (χ1) is 49.9. The van der Waals surface area contributed by atoms with Crippen molar-refractivity contribution in [2.45, 2.75) is 439 Å². The Bertz CT molecular complexity index is 2070. The molecule has 0 aromatic heterocycles. The maximum absolute atomic E-state index is 13.1. The number of aliphatic hydroxyl groups excluding tert-OH is 1. The molecular formula is C84H160O17P2. The van der Waals surface area contributed by atoms with E-state index in [0.717, 1.165) is 121 Å². The van der Waals surface area contributed by atoms with Crippen molar-refractivity contribution in [2.24, 2.45) is 11.8 Å². The maximum atomic E-state index is 13.1. The van der Waals surface area contributed by atoms with Gasteiger partial charge in [0.25, 0.3) is 0 Å². The smallest absolute Gasteiger partial charge is 0.462 e. The molecular weight excluding hydrogens is 1340 g/mol. The van der Waals surface area contributed by atoms with Gasteiger partial charge in [0.2, 0.25) is 0 Å². The molecule has 103 heavy (non-hydrogen) atoms. The predicted molar refractivity (Wildman–Crippen MR) is 423 cm³/mol. The Morgan fingerprint density at radius 2 is 0.524 bits per heavy atom. The lowest BCUT2D eigenvalue weighted by Gasteiger charge is -2.21. The van der Waals surface area contributed by atoms with Crippen molar-refractivity contribution in [3.63, 3.8) is 0 Å². The molecule has 0 aliphatic rings. The second kappa shape index (κ2) is 75.0. The van der Waals surface area contributed by atoms with Gasteiger partial charge in [0.1, 0.15) is 19.3 Å². The molecule has 0 aromatic carbocycles. The zero-order valence-electron chi connectivity index (χ0n) is 67.1. The summed E-state index contributed by atoms with van der Waals surface area (Å²) in [7, 11) is -9.94. The van der Waals surface area contributed by atoms with E-state index in [1.165, 1.54) is 218 Å². The maximum Gasteiger partial charge on any atom is 0.472 e. The van der Waals surface area contributed by atoms with Gasteiger partial charge in [-0.2, -0.15) is 0 Å². The molecule has 0 rings (SSSR count). The van der Waals surface area contributed by atoms with Crippen molar-refractivity contribution >= 4 is 39.5 Å². The fourth-order valence-electron chi connectivity index (χ4n) is 12.5. The van der Waals surface area contributed by atoms with Crippen molar-refractivity contribution in [1.29, 1.82) is 0 Å². The molecule has 2 unspecified atom stereocenters. The molecule has 0 saturated carbocycles. The molecule has 0 aliphatic heterocycles. The summed E-state index contributed by atoms with van der Waals surface area (Å²) >= 11 is 0. The van der Waals surface area contributed by atoms with E-state index >= 15 is 0 Å². The van der Waals surface area contributed by atoms with Crippen LogP contribution in [-0.2, 0) is 65.4 Å². The van der Waals surface area contributed by atoms with Gasteiger partial charge in [0, 0.05) is 25.7 Å². The van der Waals surface area contributed by atoms with Gasteiger partial charge in [-0.1, -0.05) is 368 Å². The van der Waals surface area contributed by atoms with Gasteiger partial charge in [-0.15, -0.1) is 0 Å². The van der Waals surface area contributed by atoms with Crippen molar-refractivity contribution in [1.82, 2.24) is 0 Å². The fraction of sp³-hybridized carbons (Fsp3) is 0.905. The van der Waals surface area contributed by atoms with Gasteiger partial charge < -0.3 is 33.8 Å². The van der Waals surface area contributed by atoms with E-state index in [1.807, 2.05) is 0 Å². The topological polar surface area (TPSA) is 237 Å². The van der Waals surface area contributed by atoms with Crippen LogP contribution in [-0.4, -0.2) is 96.7 Å². The van der Waals surface area contributed by atoms with Gasteiger partial charge in [-0.25, -0.2) is 9.13 Å². The Morgan fingerprint density at radius 3 is 0.796 bits per heavy atom. The molecule has 0 fully saturated rings. The molecule has 608 valence electrons. The number of phosphoric acid groups is 2. The molecule has 0 amide bonds. The van der Waals surface area contributed by atoms with Gasteiger partial charge in [-0.05, 0) is 63.2 Å². The van der Waals surface area contributed by atoms with Crippen LogP contribution in [0.2, 0.25) is 0 Å². The van der Waals surface area contributed by atoms with E-state index in [0.29, 0.717) is 25.7 Å². The summed E-state index contributed by atoms with van der Waals surface area (Å²) in [5.41, 5.74) is 0. The highest BCUT2D eigenvalue weighted by Gasteiger charge is 2.30. The summed E-state index contributed by atoms with van der Waals surface area (Å²) in [6.45, 7) is 9.63. The van der Waals surface area contributed by atoms with Crippen molar-refractivity contribution in [3.05, 3.63) is 24.3 Å². The van der Waals surface area contributed by atoms with E-state index in [-0.39, 0.29) is 25.7 Å². The Morgan fingerprint density at radius 1 is 0.301 bits per heavy atom. The zero-order chi connectivity index (χ0) is 75.6. The van der Waals surface area contributed by atoms with E-state index < -0.39 is 97.5 Å². The number of phosphoric ester groups is 2. The van der Waals surface area contributed by atoms with E-state index in [1.54, 1.807) is 0 Å². The molecule has 17 nitrogen and oxygen atoms in total. The lowest BCUT2D eigenvalue weighted by molar-refractivity contribution is -0.161. The summed E-state index contributed by atoms with van der Waals surface area (Å²) in [5, 5.41) is 10.7. The third-order valence-electron chi connectivity index (χ3n) is 19.1.